The Morgan fingerprint density at radius 3 is 2.16 bits per heavy atom. The molecule has 0 N–H and O–H groups in total. The molecule has 1 fully saturated rings. The van der Waals surface area contributed by atoms with E-state index in [4.69, 9.17) is 9.47 Å². The maximum atomic E-state index is 12.2. The van der Waals surface area contributed by atoms with E-state index in [0.29, 0.717) is 18.8 Å². The molecule has 1 heterocycles. The van der Waals surface area contributed by atoms with Crippen molar-refractivity contribution in [3.8, 4) is 16.9 Å². The quantitative estimate of drug-likeness (QED) is 0.451. The fraction of sp³-hybridized carbons (Fsp3) is 0.296. The van der Waals surface area contributed by atoms with E-state index in [2.05, 4.69) is 41.3 Å². The first kappa shape index (κ1) is 21.1. The summed E-state index contributed by atoms with van der Waals surface area (Å²) in [4.78, 5) is 14.6. The molecule has 0 aliphatic carbocycles. The number of piperidine rings is 1. The standard InChI is InChI=1S/C27H29NO3/c29-27(30-20-19-28-17-5-2-6-18-28)25-13-15-26(16-14-25)31-21-22-9-11-24(12-10-22)23-7-3-1-4-8-23/h1,3-4,7-16H,2,5-6,17-21H2. The van der Waals surface area contributed by atoms with E-state index >= 15 is 0 Å². The summed E-state index contributed by atoms with van der Waals surface area (Å²) in [5.41, 5.74) is 4.04. The van der Waals surface area contributed by atoms with Gasteiger partial charge in [-0.25, -0.2) is 4.79 Å². The largest absolute Gasteiger partial charge is 0.489 e. The number of rotatable bonds is 8. The maximum Gasteiger partial charge on any atom is 0.338 e. The van der Waals surface area contributed by atoms with Gasteiger partial charge in [0.05, 0.1) is 5.56 Å². The number of esters is 1. The highest BCUT2D eigenvalue weighted by Gasteiger charge is 2.12. The van der Waals surface area contributed by atoms with Crippen LogP contribution in [0.15, 0.2) is 78.9 Å². The van der Waals surface area contributed by atoms with Gasteiger partial charge in [-0.2, -0.15) is 0 Å². The molecule has 0 unspecified atom stereocenters. The lowest BCUT2D eigenvalue weighted by molar-refractivity contribution is 0.0452. The summed E-state index contributed by atoms with van der Waals surface area (Å²) in [7, 11) is 0. The van der Waals surface area contributed by atoms with Crippen molar-refractivity contribution in [2.24, 2.45) is 0 Å². The van der Waals surface area contributed by atoms with Gasteiger partial charge in [-0.1, -0.05) is 61.0 Å². The highest BCUT2D eigenvalue weighted by Crippen LogP contribution is 2.20. The van der Waals surface area contributed by atoms with Crippen molar-refractivity contribution in [2.45, 2.75) is 25.9 Å². The molecule has 1 saturated heterocycles. The summed E-state index contributed by atoms with van der Waals surface area (Å²) in [6.45, 7) is 3.96. The van der Waals surface area contributed by atoms with Gasteiger partial charge in [-0.05, 0) is 66.9 Å². The lowest BCUT2D eigenvalue weighted by Crippen LogP contribution is -2.33. The molecule has 0 bridgehead atoms. The summed E-state index contributed by atoms with van der Waals surface area (Å²) in [5.74, 6) is 0.456. The van der Waals surface area contributed by atoms with Crippen molar-refractivity contribution in [3.05, 3.63) is 90.0 Å². The maximum absolute atomic E-state index is 12.2. The average Bonchev–Trinajstić information content (AvgIpc) is 2.84. The summed E-state index contributed by atoms with van der Waals surface area (Å²) in [5, 5.41) is 0. The number of hydrogen-bond donors (Lipinski definition) is 0. The number of hydrogen-bond acceptors (Lipinski definition) is 4. The first-order valence-electron chi connectivity index (χ1n) is 11.0. The van der Waals surface area contributed by atoms with Crippen LogP contribution in [0.1, 0.15) is 35.2 Å². The van der Waals surface area contributed by atoms with Crippen molar-refractivity contribution in [3.63, 3.8) is 0 Å². The third kappa shape index (κ3) is 6.19. The van der Waals surface area contributed by atoms with Gasteiger partial charge in [-0.3, -0.25) is 4.90 Å². The molecule has 4 nitrogen and oxygen atoms in total. The van der Waals surface area contributed by atoms with Crippen molar-refractivity contribution < 1.29 is 14.3 Å². The van der Waals surface area contributed by atoms with Crippen LogP contribution in [0.4, 0.5) is 0 Å². The van der Waals surface area contributed by atoms with Crippen LogP contribution < -0.4 is 4.74 Å². The minimum atomic E-state index is -0.278. The monoisotopic (exact) mass is 415 g/mol. The number of carbonyl (C=O) groups excluding carboxylic acids is 1. The summed E-state index contributed by atoms with van der Waals surface area (Å²) < 4.78 is 11.3. The Morgan fingerprint density at radius 1 is 0.774 bits per heavy atom. The Kier molecular flexibility index (Phi) is 7.35. The summed E-state index contributed by atoms with van der Waals surface area (Å²) in [6.07, 6.45) is 3.79. The second-order valence-corrected chi connectivity index (χ2v) is 7.91. The highest BCUT2D eigenvalue weighted by atomic mass is 16.5. The van der Waals surface area contributed by atoms with Crippen LogP contribution in [0.25, 0.3) is 11.1 Å². The zero-order chi connectivity index (χ0) is 21.3. The second kappa shape index (κ2) is 10.8. The molecule has 160 valence electrons. The van der Waals surface area contributed by atoms with Gasteiger partial charge in [0.25, 0.3) is 0 Å². The Labute approximate surface area is 184 Å². The Balaban J connectivity index is 1.23. The number of benzene rings is 3. The molecule has 3 aromatic rings. The second-order valence-electron chi connectivity index (χ2n) is 7.91. The van der Waals surface area contributed by atoms with Gasteiger partial charge in [0.1, 0.15) is 19.0 Å². The van der Waals surface area contributed by atoms with Crippen molar-refractivity contribution in [1.82, 2.24) is 4.90 Å². The molecule has 4 heteroatoms. The predicted molar refractivity (Wildman–Crippen MR) is 123 cm³/mol. The Morgan fingerprint density at radius 2 is 1.45 bits per heavy atom. The molecule has 0 saturated carbocycles. The molecule has 4 rings (SSSR count). The van der Waals surface area contributed by atoms with Gasteiger partial charge in [0.15, 0.2) is 0 Å². The Bertz CT molecular complexity index is 946. The van der Waals surface area contributed by atoms with Crippen LogP contribution in [0, 0.1) is 0 Å². The zero-order valence-electron chi connectivity index (χ0n) is 17.8. The predicted octanol–water partition coefficient (Wildman–Crippen LogP) is 5.58. The molecule has 0 radical (unpaired) electrons. The topological polar surface area (TPSA) is 38.8 Å². The van der Waals surface area contributed by atoms with E-state index < -0.39 is 0 Å². The Hall–Kier alpha value is -3.11. The summed E-state index contributed by atoms with van der Waals surface area (Å²) in [6, 6.07) is 25.8. The zero-order valence-corrected chi connectivity index (χ0v) is 17.8. The first-order valence-corrected chi connectivity index (χ1v) is 11.0. The minimum absolute atomic E-state index is 0.278. The van der Waals surface area contributed by atoms with Crippen molar-refractivity contribution >= 4 is 5.97 Å². The molecular formula is C27H29NO3. The van der Waals surface area contributed by atoms with E-state index in [-0.39, 0.29) is 5.97 Å². The van der Waals surface area contributed by atoms with Crippen molar-refractivity contribution in [2.75, 3.05) is 26.2 Å². The molecule has 1 aliphatic heterocycles. The molecular weight excluding hydrogens is 386 g/mol. The van der Waals surface area contributed by atoms with Crippen LogP contribution in [0.2, 0.25) is 0 Å². The normalized spacial score (nSPS) is 14.2. The van der Waals surface area contributed by atoms with Gasteiger partial charge >= 0.3 is 5.97 Å². The third-order valence-corrected chi connectivity index (χ3v) is 5.65. The van der Waals surface area contributed by atoms with E-state index in [9.17, 15) is 4.79 Å². The van der Waals surface area contributed by atoms with Gasteiger partial charge in [-0.15, -0.1) is 0 Å². The van der Waals surface area contributed by atoms with Crippen molar-refractivity contribution in [1.29, 1.82) is 0 Å². The molecule has 0 aromatic heterocycles. The number of ether oxygens (including phenoxy) is 2. The van der Waals surface area contributed by atoms with Gasteiger partial charge in [0, 0.05) is 6.54 Å². The fourth-order valence-electron chi connectivity index (χ4n) is 3.81. The smallest absolute Gasteiger partial charge is 0.338 e. The lowest BCUT2D eigenvalue weighted by atomic mass is 10.0. The SMILES string of the molecule is O=C(OCCN1CCCCC1)c1ccc(OCc2ccc(-c3ccccc3)cc2)cc1. The van der Waals surface area contributed by atoms with E-state index in [1.807, 2.05) is 30.3 Å². The average molecular weight is 416 g/mol. The summed E-state index contributed by atoms with van der Waals surface area (Å²) >= 11 is 0. The van der Waals surface area contributed by atoms with E-state index in [0.717, 1.165) is 30.9 Å². The minimum Gasteiger partial charge on any atom is -0.489 e. The fourth-order valence-corrected chi connectivity index (χ4v) is 3.81. The lowest BCUT2D eigenvalue weighted by Gasteiger charge is -2.25. The van der Waals surface area contributed by atoms with Crippen LogP contribution >= 0.6 is 0 Å². The number of likely N-dealkylation sites (tertiary alicyclic amines) is 1. The van der Waals surface area contributed by atoms with Crippen LogP contribution in [-0.2, 0) is 11.3 Å². The number of carbonyl (C=O) groups is 1. The molecule has 0 amide bonds. The number of nitrogens with zero attached hydrogens (tertiary/aromatic N) is 1. The van der Waals surface area contributed by atoms with Crippen LogP contribution in [0.5, 0.6) is 5.75 Å². The molecule has 0 spiro atoms. The molecule has 0 atom stereocenters. The first-order chi connectivity index (χ1) is 15.3. The van der Waals surface area contributed by atoms with E-state index in [1.54, 1.807) is 12.1 Å². The third-order valence-electron chi connectivity index (χ3n) is 5.65. The van der Waals surface area contributed by atoms with Gasteiger partial charge < -0.3 is 9.47 Å². The molecule has 3 aromatic carbocycles. The van der Waals surface area contributed by atoms with Crippen LogP contribution in [0.3, 0.4) is 0 Å². The molecule has 31 heavy (non-hydrogen) atoms. The highest BCUT2D eigenvalue weighted by molar-refractivity contribution is 5.89. The van der Waals surface area contributed by atoms with Crippen LogP contribution in [-0.4, -0.2) is 37.1 Å². The van der Waals surface area contributed by atoms with Gasteiger partial charge in [0.2, 0.25) is 0 Å². The van der Waals surface area contributed by atoms with E-state index in [1.165, 1.54) is 30.4 Å². The molecule has 1 aliphatic rings.